The number of aryl methyl sites for hydroxylation is 1. The molecule has 234 valence electrons. The van der Waals surface area contributed by atoms with Gasteiger partial charge in [-0.15, -0.1) is 0 Å². The summed E-state index contributed by atoms with van der Waals surface area (Å²) in [7, 11) is -1.95. The van der Waals surface area contributed by atoms with E-state index < -0.39 is 16.1 Å². The molecule has 2 amide bonds. The second kappa shape index (κ2) is 15.0. The van der Waals surface area contributed by atoms with Crippen LogP contribution in [0.1, 0.15) is 47.6 Å². The minimum Gasteiger partial charge on any atom is -0.497 e. The Labute approximate surface area is 265 Å². The molecule has 0 aromatic heterocycles. The number of rotatable bonds is 15. The van der Waals surface area contributed by atoms with Crippen molar-refractivity contribution < 1.29 is 22.7 Å². The van der Waals surface area contributed by atoms with Crippen LogP contribution in [0.4, 0.5) is 0 Å². The Balaban J connectivity index is 1.35. The van der Waals surface area contributed by atoms with Crippen molar-refractivity contribution in [2.24, 2.45) is 0 Å². The van der Waals surface area contributed by atoms with Crippen LogP contribution >= 0.6 is 0 Å². The average Bonchev–Trinajstić information content (AvgIpc) is 3.88. The zero-order valence-electron chi connectivity index (χ0n) is 25.4. The van der Waals surface area contributed by atoms with Crippen molar-refractivity contribution in [1.82, 2.24) is 14.9 Å². The summed E-state index contributed by atoms with van der Waals surface area (Å²) in [6.45, 7) is 0.653. The molecule has 4 aromatic carbocycles. The van der Waals surface area contributed by atoms with Gasteiger partial charge >= 0.3 is 0 Å². The van der Waals surface area contributed by atoms with Gasteiger partial charge in [-0.2, -0.15) is 0 Å². The molecule has 1 aliphatic rings. The van der Waals surface area contributed by atoms with Crippen LogP contribution in [-0.4, -0.2) is 44.8 Å². The van der Waals surface area contributed by atoms with Gasteiger partial charge in [0.05, 0.1) is 12.0 Å². The predicted octanol–water partition coefficient (Wildman–Crippen LogP) is 5.20. The average molecular weight is 626 g/mol. The first-order valence-corrected chi connectivity index (χ1v) is 16.7. The van der Waals surface area contributed by atoms with E-state index in [1.54, 1.807) is 36.3 Å². The number of nitrogens with one attached hydrogen (secondary N) is 2. The molecule has 2 N–H and O–H groups in total. The number of benzene rings is 4. The lowest BCUT2D eigenvalue weighted by atomic mass is 10.0. The van der Waals surface area contributed by atoms with Crippen LogP contribution in [0, 0.1) is 0 Å². The molecule has 1 aliphatic carbocycles. The lowest BCUT2D eigenvalue weighted by molar-refractivity contribution is -0.141. The molecular weight excluding hydrogens is 586 g/mol. The molecular formula is C36H39N3O5S. The summed E-state index contributed by atoms with van der Waals surface area (Å²) in [6, 6.07) is 32.5. The highest BCUT2D eigenvalue weighted by molar-refractivity contribution is 7.89. The maximum absolute atomic E-state index is 14.0. The van der Waals surface area contributed by atoms with Crippen molar-refractivity contribution >= 4 is 21.8 Å². The maximum Gasteiger partial charge on any atom is 0.247 e. The summed E-state index contributed by atoms with van der Waals surface area (Å²) in [5.74, 6) is 0.259. The number of sulfonamides is 1. The molecule has 1 atom stereocenters. The molecule has 1 saturated carbocycles. The lowest BCUT2D eigenvalue weighted by Gasteiger charge is -2.32. The largest absolute Gasteiger partial charge is 0.497 e. The minimum atomic E-state index is -3.55. The molecule has 1 unspecified atom stereocenters. The third kappa shape index (κ3) is 9.03. The van der Waals surface area contributed by atoms with E-state index in [0.29, 0.717) is 30.7 Å². The van der Waals surface area contributed by atoms with Crippen molar-refractivity contribution in [3.8, 4) is 5.75 Å². The van der Waals surface area contributed by atoms with Crippen molar-refractivity contribution in [2.75, 3.05) is 13.7 Å². The molecule has 5 rings (SSSR count). The quantitative estimate of drug-likeness (QED) is 0.189. The molecule has 8 nitrogen and oxygen atoms in total. The van der Waals surface area contributed by atoms with E-state index in [0.717, 1.165) is 29.5 Å². The smallest absolute Gasteiger partial charge is 0.247 e. The highest BCUT2D eigenvalue weighted by Crippen LogP contribution is 2.26. The summed E-state index contributed by atoms with van der Waals surface area (Å²) in [5, 5.41) is 3.07. The molecule has 0 bridgehead atoms. The molecule has 0 heterocycles. The van der Waals surface area contributed by atoms with Gasteiger partial charge < -0.3 is 15.0 Å². The van der Waals surface area contributed by atoms with Gasteiger partial charge in [0.15, 0.2) is 0 Å². The van der Waals surface area contributed by atoms with Gasteiger partial charge in [0, 0.05) is 25.6 Å². The van der Waals surface area contributed by atoms with Crippen LogP contribution < -0.4 is 14.8 Å². The van der Waals surface area contributed by atoms with E-state index in [-0.39, 0.29) is 35.7 Å². The van der Waals surface area contributed by atoms with Crippen molar-refractivity contribution in [3.05, 3.63) is 131 Å². The van der Waals surface area contributed by atoms with Crippen LogP contribution in [0.3, 0.4) is 0 Å². The molecule has 4 aromatic rings. The number of hydrogen-bond donors (Lipinski definition) is 2. The molecule has 0 spiro atoms. The summed E-state index contributed by atoms with van der Waals surface area (Å²) < 4.78 is 33.1. The Bertz CT molecular complexity index is 1660. The van der Waals surface area contributed by atoms with E-state index in [2.05, 4.69) is 10.0 Å². The van der Waals surface area contributed by atoms with E-state index in [9.17, 15) is 18.0 Å². The third-order valence-electron chi connectivity index (χ3n) is 7.82. The van der Waals surface area contributed by atoms with Crippen molar-refractivity contribution in [3.63, 3.8) is 0 Å². The first kappa shape index (κ1) is 31.9. The molecule has 9 heteroatoms. The predicted molar refractivity (Wildman–Crippen MR) is 174 cm³/mol. The molecule has 0 saturated heterocycles. The fourth-order valence-corrected chi connectivity index (χ4v) is 6.45. The highest BCUT2D eigenvalue weighted by Gasteiger charge is 2.31. The fraction of sp³-hybridized carbons (Fsp3) is 0.278. The summed E-state index contributed by atoms with van der Waals surface area (Å²) >= 11 is 0. The second-order valence-electron chi connectivity index (χ2n) is 11.2. The lowest BCUT2D eigenvalue weighted by Crippen LogP contribution is -2.44. The van der Waals surface area contributed by atoms with Crippen LogP contribution in [0.2, 0.25) is 0 Å². The normalized spacial score (nSPS) is 13.5. The van der Waals surface area contributed by atoms with Gasteiger partial charge in [0.1, 0.15) is 11.8 Å². The Morgan fingerprint density at radius 3 is 2.02 bits per heavy atom. The first-order chi connectivity index (χ1) is 21.8. The number of hydrogen-bond acceptors (Lipinski definition) is 5. The number of ether oxygens (including phenoxy) is 1. The monoisotopic (exact) mass is 625 g/mol. The van der Waals surface area contributed by atoms with Crippen LogP contribution in [0.5, 0.6) is 5.75 Å². The number of methoxy groups -OCH3 is 1. The van der Waals surface area contributed by atoms with Gasteiger partial charge in [-0.1, -0.05) is 84.9 Å². The summed E-state index contributed by atoms with van der Waals surface area (Å²) in [5.41, 5.74) is 3.53. The van der Waals surface area contributed by atoms with E-state index >= 15 is 0 Å². The summed E-state index contributed by atoms with van der Waals surface area (Å²) in [4.78, 5) is 29.7. The second-order valence-corrected chi connectivity index (χ2v) is 13.0. The molecule has 0 aliphatic heterocycles. The van der Waals surface area contributed by atoms with Crippen molar-refractivity contribution in [2.45, 2.75) is 55.6 Å². The van der Waals surface area contributed by atoms with E-state index in [4.69, 9.17) is 4.74 Å². The van der Waals surface area contributed by atoms with Gasteiger partial charge in [-0.25, -0.2) is 13.1 Å². The Morgan fingerprint density at radius 2 is 1.40 bits per heavy atom. The van der Waals surface area contributed by atoms with Gasteiger partial charge in [0.2, 0.25) is 21.8 Å². The SMILES string of the molecule is COc1ccc(CN(C(=O)CCc2ccc(S(=O)(=O)NC3CC3)cc2)C(C(=O)NCCc2ccccc2)c2ccccc2)cc1. The summed E-state index contributed by atoms with van der Waals surface area (Å²) in [6.07, 6.45) is 2.93. The van der Waals surface area contributed by atoms with Crippen molar-refractivity contribution in [1.29, 1.82) is 0 Å². The van der Waals surface area contributed by atoms with Crippen LogP contribution in [0.25, 0.3) is 0 Å². The molecule has 45 heavy (non-hydrogen) atoms. The van der Waals surface area contributed by atoms with Gasteiger partial charge in [-0.05, 0) is 72.2 Å². The van der Waals surface area contributed by atoms with Crippen LogP contribution in [0.15, 0.2) is 114 Å². The Kier molecular flexibility index (Phi) is 10.7. The highest BCUT2D eigenvalue weighted by atomic mass is 32.2. The topological polar surface area (TPSA) is 105 Å². The number of amides is 2. The van der Waals surface area contributed by atoms with Crippen LogP contribution in [-0.2, 0) is 39.0 Å². The number of nitrogens with zero attached hydrogens (tertiary/aromatic N) is 1. The zero-order chi connectivity index (χ0) is 31.6. The standard InChI is InChI=1S/C36H39N3O5S/c1-44-32-19-12-29(13-20-32)26-39(34(40)23-16-28-14-21-33(22-15-28)45(42,43)38-31-17-18-31)35(30-10-6-3-7-11-30)36(41)37-25-24-27-8-4-2-5-9-27/h2-15,19-22,31,35,38H,16-18,23-26H2,1H3,(H,37,41). The van der Waals surface area contributed by atoms with E-state index in [1.165, 1.54) is 0 Å². The Morgan fingerprint density at radius 1 is 0.800 bits per heavy atom. The maximum atomic E-state index is 14.0. The fourth-order valence-electron chi connectivity index (χ4n) is 5.15. The van der Waals surface area contributed by atoms with Gasteiger partial charge in [0.25, 0.3) is 0 Å². The third-order valence-corrected chi connectivity index (χ3v) is 9.36. The molecule has 1 fully saturated rings. The first-order valence-electron chi connectivity index (χ1n) is 15.2. The molecule has 0 radical (unpaired) electrons. The minimum absolute atomic E-state index is 0.0251. The van der Waals surface area contributed by atoms with Gasteiger partial charge in [-0.3, -0.25) is 9.59 Å². The number of carbonyl (C=O) groups excluding carboxylic acids is 2. The zero-order valence-corrected chi connectivity index (χ0v) is 26.2. The Hall–Kier alpha value is -4.47. The number of carbonyl (C=O) groups is 2. The van der Waals surface area contributed by atoms with E-state index in [1.807, 2.05) is 84.9 Å².